The van der Waals surface area contributed by atoms with Gasteiger partial charge in [-0.2, -0.15) is 0 Å². The highest BCUT2D eigenvalue weighted by Crippen LogP contribution is 2.23. The van der Waals surface area contributed by atoms with Crippen LogP contribution in [0.15, 0.2) is 36.9 Å². The molecule has 24 heavy (non-hydrogen) atoms. The van der Waals surface area contributed by atoms with Gasteiger partial charge in [0.15, 0.2) is 0 Å². The molecule has 1 aliphatic rings. The van der Waals surface area contributed by atoms with Gasteiger partial charge in [-0.25, -0.2) is 0 Å². The summed E-state index contributed by atoms with van der Waals surface area (Å²) in [6.07, 6.45) is 4.84. The molecule has 0 radical (unpaired) electrons. The first-order valence-electron chi connectivity index (χ1n) is 8.86. The number of rotatable bonds is 8. The van der Waals surface area contributed by atoms with Crippen molar-refractivity contribution in [2.24, 2.45) is 11.8 Å². The van der Waals surface area contributed by atoms with Gasteiger partial charge < -0.3 is 15.0 Å². The predicted octanol–water partition coefficient (Wildman–Crippen LogP) is 3.24. The summed E-state index contributed by atoms with van der Waals surface area (Å²) < 4.78 is 5.19. The third-order valence-electron chi connectivity index (χ3n) is 4.87. The summed E-state index contributed by atoms with van der Waals surface area (Å²) in [5.74, 6) is 2.06. The first-order chi connectivity index (χ1) is 11.6. The Bertz CT molecular complexity index is 521. The third-order valence-corrected chi connectivity index (χ3v) is 4.87. The molecule has 1 aliphatic heterocycles. The second kappa shape index (κ2) is 9.48. The van der Waals surface area contributed by atoms with Crippen molar-refractivity contribution in [3.05, 3.63) is 42.5 Å². The van der Waals surface area contributed by atoms with Gasteiger partial charge in [-0.3, -0.25) is 4.79 Å². The fraction of sp³-hybridized carbons (Fsp3) is 0.550. The van der Waals surface area contributed by atoms with Crippen molar-refractivity contribution in [2.75, 3.05) is 26.7 Å². The lowest BCUT2D eigenvalue weighted by atomic mass is 9.85. The number of hydrogen-bond donors (Lipinski definition) is 1. The van der Waals surface area contributed by atoms with Crippen molar-refractivity contribution in [3.8, 4) is 5.75 Å². The van der Waals surface area contributed by atoms with E-state index >= 15 is 0 Å². The Hall–Kier alpha value is -1.81. The molecular weight excluding hydrogens is 300 g/mol. The van der Waals surface area contributed by atoms with E-state index in [1.165, 1.54) is 12.8 Å². The van der Waals surface area contributed by atoms with Gasteiger partial charge in [-0.15, -0.1) is 6.58 Å². The van der Waals surface area contributed by atoms with E-state index < -0.39 is 0 Å². The van der Waals surface area contributed by atoms with Crippen molar-refractivity contribution < 1.29 is 9.53 Å². The molecule has 1 saturated heterocycles. The SMILES string of the molecule is C=CCN(Cc1ccc(OC)cc1)C(=O)CC(C)C1CCCNC1. The number of nitrogens with zero attached hydrogens (tertiary/aromatic N) is 1. The predicted molar refractivity (Wildman–Crippen MR) is 98.0 cm³/mol. The van der Waals surface area contributed by atoms with Gasteiger partial charge in [0.1, 0.15) is 5.75 Å². The van der Waals surface area contributed by atoms with E-state index in [0.29, 0.717) is 31.3 Å². The summed E-state index contributed by atoms with van der Waals surface area (Å²) in [5.41, 5.74) is 1.11. The first-order valence-corrected chi connectivity index (χ1v) is 8.86. The minimum atomic E-state index is 0.212. The molecule has 0 saturated carbocycles. The molecule has 0 spiro atoms. The molecule has 132 valence electrons. The molecule has 2 unspecified atom stereocenters. The van der Waals surface area contributed by atoms with Crippen LogP contribution in [0, 0.1) is 11.8 Å². The van der Waals surface area contributed by atoms with E-state index in [0.717, 1.165) is 24.4 Å². The van der Waals surface area contributed by atoms with Crippen LogP contribution in [0.1, 0.15) is 31.7 Å². The van der Waals surface area contributed by atoms with Gasteiger partial charge in [-0.1, -0.05) is 25.1 Å². The number of piperidine rings is 1. The Kier molecular flexibility index (Phi) is 7.32. The molecule has 1 fully saturated rings. The van der Waals surface area contributed by atoms with Gasteiger partial charge in [-0.05, 0) is 55.5 Å². The summed E-state index contributed by atoms with van der Waals surface area (Å²) in [7, 11) is 1.66. The smallest absolute Gasteiger partial charge is 0.223 e. The van der Waals surface area contributed by atoms with Crippen molar-refractivity contribution in [3.63, 3.8) is 0 Å². The number of methoxy groups -OCH3 is 1. The largest absolute Gasteiger partial charge is 0.497 e. The van der Waals surface area contributed by atoms with Crippen LogP contribution in [0.3, 0.4) is 0 Å². The number of carbonyl (C=O) groups is 1. The molecule has 4 heteroatoms. The van der Waals surface area contributed by atoms with Crippen LogP contribution in [0.4, 0.5) is 0 Å². The van der Waals surface area contributed by atoms with Gasteiger partial charge in [0, 0.05) is 19.5 Å². The second-order valence-electron chi connectivity index (χ2n) is 6.70. The van der Waals surface area contributed by atoms with Crippen LogP contribution in [0.2, 0.25) is 0 Å². The van der Waals surface area contributed by atoms with Crippen molar-refractivity contribution >= 4 is 5.91 Å². The number of benzene rings is 1. The topological polar surface area (TPSA) is 41.6 Å². The van der Waals surface area contributed by atoms with Crippen LogP contribution in [-0.4, -0.2) is 37.6 Å². The Morgan fingerprint density at radius 2 is 2.21 bits per heavy atom. The second-order valence-corrected chi connectivity index (χ2v) is 6.70. The van der Waals surface area contributed by atoms with E-state index in [1.54, 1.807) is 13.2 Å². The molecule has 2 atom stereocenters. The highest BCUT2D eigenvalue weighted by atomic mass is 16.5. The summed E-state index contributed by atoms with van der Waals surface area (Å²) in [6.45, 7) is 9.34. The third kappa shape index (κ3) is 5.38. The summed E-state index contributed by atoms with van der Waals surface area (Å²) in [6, 6.07) is 7.89. The summed E-state index contributed by atoms with van der Waals surface area (Å²) >= 11 is 0. The van der Waals surface area contributed by atoms with Gasteiger partial charge in [0.25, 0.3) is 0 Å². The van der Waals surface area contributed by atoms with Crippen LogP contribution < -0.4 is 10.1 Å². The number of amides is 1. The van der Waals surface area contributed by atoms with E-state index in [2.05, 4.69) is 18.8 Å². The van der Waals surface area contributed by atoms with Crippen molar-refractivity contribution in [2.45, 2.75) is 32.7 Å². The van der Waals surface area contributed by atoms with Crippen LogP contribution in [-0.2, 0) is 11.3 Å². The Balaban J connectivity index is 1.94. The highest BCUT2D eigenvalue weighted by molar-refractivity contribution is 5.76. The van der Waals surface area contributed by atoms with Gasteiger partial charge in [0.05, 0.1) is 7.11 Å². The van der Waals surface area contributed by atoms with Crippen LogP contribution in [0.25, 0.3) is 0 Å². The number of ether oxygens (including phenoxy) is 1. The zero-order valence-electron chi connectivity index (χ0n) is 15.0. The zero-order valence-corrected chi connectivity index (χ0v) is 15.0. The maximum Gasteiger partial charge on any atom is 0.223 e. The number of hydrogen-bond acceptors (Lipinski definition) is 3. The Morgan fingerprint density at radius 3 is 2.79 bits per heavy atom. The van der Waals surface area contributed by atoms with E-state index in [9.17, 15) is 4.79 Å². The Labute approximate surface area is 145 Å². The maximum atomic E-state index is 12.7. The monoisotopic (exact) mass is 330 g/mol. The number of nitrogens with one attached hydrogen (secondary N) is 1. The number of carbonyl (C=O) groups excluding carboxylic acids is 1. The average Bonchev–Trinajstić information content (AvgIpc) is 2.62. The molecule has 2 rings (SSSR count). The fourth-order valence-electron chi connectivity index (χ4n) is 3.30. The fourth-order valence-corrected chi connectivity index (χ4v) is 3.30. The maximum absolute atomic E-state index is 12.7. The van der Waals surface area contributed by atoms with E-state index in [1.807, 2.05) is 29.2 Å². The van der Waals surface area contributed by atoms with E-state index in [-0.39, 0.29) is 5.91 Å². The minimum Gasteiger partial charge on any atom is -0.497 e. The molecule has 4 nitrogen and oxygen atoms in total. The normalized spacial score (nSPS) is 18.7. The lowest BCUT2D eigenvalue weighted by molar-refractivity contribution is -0.132. The summed E-state index contributed by atoms with van der Waals surface area (Å²) in [4.78, 5) is 14.6. The molecule has 0 aromatic heterocycles. The van der Waals surface area contributed by atoms with Crippen LogP contribution >= 0.6 is 0 Å². The quantitative estimate of drug-likeness (QED) is 0.744. The van der Waals surface area contributed by atoms with Crippen molar-refractivity contribution in [1.82, 2.24) is 10.2 Å². The zero-order chi connectivity index (χ0) is 17.4. The lowest BCUT2D eigenvalue weighted by Gasteiger charge is -2.30. The standard InChI is InChI=1S/C20H30N2O2/c1-4-12-22(15-17-7-9-19(24-3)10-8-17)20(23)13-16(2)18-6-5-11-21-14-18/h4,7-10,16,18,21H,1,5-6,11-15H2,2-3H3. The molecule has 1 aromatic rings. The van der Waals surface area contributed by atoms with E-state index in [4.69, 9.17) is 4.74 Å². The molecule has 1 N–H and O–H groups in total. The molecular formula is C20H30N2O2. The molecule has 1 amide bonds. The first kappa shape index (κ1) is 18.5. The highest BCUT2D eigenvalue weighted by Gasteiger charge is 2.24. The average molecular weight is 330 g/mol. The van der Waals surface area contributed by atoms with Gasteiger partial charge >= 0.3 is 0 Å². The molecule has 0 aliphatic carbocycles. The molecule has 1 heterocycles. The Morgan fingerprint density at radius 1 is 1.46 bits per heavy atom. The lowest BCUT2D eigenvalue weighted by Crippen LogP contribution is -2.37. The molecule has 0 bridgehead atoms. The van der Waals surface area contributed by atoms with Crippen LogP contribution in [0.5, 0.6) is 5.75 Å². The van der Waals surface area contributed by atoms with Crippen molar-refractivity contribution in [1.29, 1.82) is 0 Å². The minimum absolute atomic E-state index is 0.212. The van der Waals surface area contributed by atoms with Gasteiger partial charge in [0.2, 0.25) is 5.91 Å². The summed E-state index contributed by atoms with van der Waals surface area (Å²) in [5, 5.41) is 3.44. The molecule has 1 aromatic carbocycles.